The minimum Gasteiger partial charge on any atom is -0.481 e. The van der Waals surface area contributed by atoms with Gasteiger partial charge in [0.05, 0.1) is 18.2 Å². The number of rotatable bonds is 9. The van der Waals surface area contributed by atoms with Gasteiger partial charge in [-0.1, -0.05) is 75.6 Å². The molecule has 4 rings (SSSR count). The monoisotopic (exact) mass is 570 g/mol. The van der Waals surface area contributed by atoms with Crippen LogP contribution >= 0.6 is 0 Å². The van der Waals surface area contributed by atoms with Crippen molar-refractivity contribution in [3.8, 4) is 11.1 Å². The van der Waals surface area contributed by atoms with Gasteiger partial charge in [0, 0.05) is 11.5 Å². The summed E-state index contributed by atoms with van der Waals surface area (Å²) < 4.78 is 55.9. The van der Waals surface area contributed by atoms with Gasteiger partial charge >= 0.3 is 12.1 Å². The maximum absolute atomic E-state index is 14.4. The normalized spacial score (nSPS) is 16.7. The third kappa shape index (κ3) is 7.75. The molecule has 0 saturated heterocycles. The lowest BCUT2D eigenvalue weighted by Gasteiger charge is -2.27. The minimum absolute atomic E-state index is 0.225. The fourth-order valence-corrected chi connectivity index (χ4v) is 5.20. The average Bonchev–Trinajstić information content (AvgIpc) is 3.29. The summed E-state index contributed by atoms with van der Waals surface area (Å²) >= 11 is 0. The van der Waals surface area contributed by atoms with E-state index in [-0.39, 0.29) is 12.2 Å². The van der Waals surface area contributed by atoms with Crippen LogP contribution in [0.2, 0.25) is 0 Å². The highest BCUT2D eigenvalue weighted by Crippen LogP contribution is 2.39. The van der Waals surface area contributed by atoms with E-state index in [1.54, 1.807) is 18.2 Å². The van der Waals surface area contributed by atoms with Crippen molar-refractivity contribution in [3.05, 3.63) is 88.7 Å². The molecule has 0 saturated carbocycles. The highest BCUT2D eigenvalue weighted by molar-refractivity contribution is 5.96. The average molecular weight is 571 g/mol. The zero-order valence-corrected chi connectivity index (χ0v) is 24.2. The van der Waals surface area contributed by atoms with Gasteiger partial charge in [-0.2, -0.15) is 18.3 Å². The molecule has 1 heterocycles. The number of hydrogen-bond donors (Lipinski definition) is 1. The summed E-state index contributed by atoms with van der Waals surface area (Å²) in [5, 5.41) is 14.6. The van der Waals surface area contributed by atoms with E-state index in [4.69, 9.17) is 0 Å². The molecule has 2 unspecified atom stereocenters. The van der Waals surface area contributed by atoms with E-state index in [9.17, 15) is 27.5 Å². The number of carboxylic acids is 1. The van der Waals surface area contributed by atoms with Gasteiger partial charge in [0.25, 0.3) is 0 Å². The first kappa shape index (κ1) is 31.8. The highest BCUT2D eigenvalue weighted by Gasteiger charge is 2.50. The molecule has 3 aromatic rings. The predicted molar refractivity (Wildman–Crippen MR) is 157 cm³/mol. The smallest absolute Gasteiger partial charge is 0.431 e. The topological polar surface area (TPSA) is 52.9 Å². The van der Waals surface area contributed by atoms with E-state index in [0.29, 0.717) is 30.5 Å². The van der Waals surface area contributed by atoms with Crippen molar-refractivity contribution < 1.29 is 27.5 Å². The number of alkyl halides is 3. The van der Waals surface area contributed by atoms with Gasteiger partial charge < -0.3 is 5.11 Å². The van der Waals surface area contributed by atoms with Crippen molar-refractivity contribution in [2.45, 2.75) is 78.9 Å². The van der Waals surface area contributed by atoms with Crippen LogP contribution in [0.15, 0.2) is 65.8 Å². The van der Waals surface area contributed by atoms with Crippen molar-refractivity contribution in [1.29, 1.82) is 0 Å². The Kier molecular flexibility index (Phi) is 10.7. The molecule has 0 radical (unpaired) electrons. The molecule has 8 heteroatoms. The molecular formula is C33H38F4N2O2. The Balaban J connectivity index is 0.00000226. The maximum Gasteiger partial charge on any atom is 0.431 e. The molecule has 0 fully saturated rings. The first-order valence-corrected chi connectivity index (χ1v) is 14.1. The number of aliphatic carboxylic acids is 1. The van der Waals surface area contributed by atoms with Crippen LogP contribution in [0, 0.1) is 25.6 Å². The number of carboxylic acid groups (broad SMARTS) is 1. The molecule has 41 heavy (non-hydrogen) atoms. The zero-order chi connectivity index (χ0) is 30.3. The number of halogens is 4. The van der Waals surface area contributed by atoms with Crippen LogP contribution in [0.25, 0.3) is 11.1 Å². The molecule has 4 nitrogen and oxygen atoms in total. The van der Waals surface area contributed by atoms with E-state index < -0.39 is 36.2 Å². The third-order valence-electron chi connectivity index (χ3n) is 7.26. The number of anilines is 1. The molecule has 0 aromatic heterocycles. The second kappa shape index (κ2) is 13.8. The van der Waals surface area contributed by atoms with Gasteiger partial charge in [0.1, 0.15) is 11.5 Å². The Bertz CT molecular complexity index is 1370. The molecule has 0 amide bonds. The largest absolute Gasteiger partial charge is 0.481 e. The fourth-order valence-electron chi connectivity index (χ4n) is 5.20. The fraction of sp³-hybridized carbons (Fsp3) is 0.394. The quantitative estimate of drug-likeness (QED) is 0.261. The SMILES string of the molecule is CC.CCCCC1C(C(F)(F)F)=NN(c2ccc(Cc3ccc(-c4cc(C)ccc4F)cc3C)cc2)C1CC(=O)O. The first-order chi connectivity index (χ1) is 19.5. The summed E-state index contributed by atoms with van der Waals surface area (Å²) in [5.74, 6) is -2.44. The molecular weight excluding hydrogens is 532 g/mol. The van der Waals surface area contributed by atoms with Crippen molar-refractivity contribution >= 4 is 17.4 Å². The second-order valence-electron chi connectivity index (χ2n) is 10.2. The minimum atomic E-state index is -4.63. The third-order valence-corrected chi connectivity index (χ3v) is 7.26. The number of aryl methyl sites for hydroxylation is 2. The molecule has 0 spiro atoms. The predicted octanol–water partition coefficient (Wildman–Crippen LogP) is 9.11. The van der Waals surface area contributed by atoms with Crippen LogP contribution in [0.3, 0.4) is 0 Å². The van der Waals surface area contributed by atoms with Crippen molar-refractivity contribution in [3.63, 3.8) is 0 Å². The molecule has 0 bridgehead atoms. The number of benzene rings is 3. The van der Waals surface area contributed by atoms with Gasteiger partial charge in [0.15, 0.2) is 0 Å². The van der Waals surface area contributed by atoms with Gasteiger partial charge in [-0.05, 0) is 73.2 Å². The second-order valence-corrected chi connectivity index (χ2v) is 10.2. The van der Waals surface area contributed by atoms with E-state index in [0.717, 1.165) is 27.8 Å². The molecule has 3 aromatic carbocycles. The summed E-state index contributed by atoms with van der Waals surface area (Å²) in [7, 11) is 0. The zero-order valence-electron chi connectivity index (χ0n) is 24.2. The number of hydrazone groups is 1. The maximum atomic E-state index is 14.4. The molecule has 0 aliphatic carbocycles. The molecule has 1 aliphatic rings. The van der Waals surface area contributed by atoms with E-state index >= 15 is 0 Å². The van der Waals surface area contributed by atoms with E-state index in [1.165, 1.54) is 11.1 Å². The van der Waals surface area contributed by atoms with E-state index in [2.05, 4.69) is 5.10 Å². The Labute approximate surface area is 239 Å². The molecule has 2 atom stereocenters. The van der Waals surface area contributed by atoms with Crippen LogP contribution in [-0.4, -0.2) is 29.0 Å². The van der Waals surface area contributed by atoms with Crippen LogP contribution < -0.4 is 5.01 Å². The Morgan fingerprint density at radius 3 is 2.27 bits per heavy atom. The van der Waals surface area contributed by atoms with Crippen molar-refractivity contribution in [1.82, 2.24) is 0 Å². The van der Waals surface area contributed by atoms with Crippen LogP contribution in [0.5, 0.6) is 0 Å². The van der Waals surface area contributed by atoms with Gasteiger partial charge in [-0.3, -0.25) is 9.80 Å². The Hall–Kier alpha value is -3.68. The van der Waals surface area contributed by atoms with Gasteiger partial charge in [-0.15, -0.1) is 0 Å². The standard InChI is InChI=1S/C31H32F4N2O2.C2H6/c1-4-5-6-25-28(18-29(38)39)37(36-30(25)31(33,34)35)24-12-8-21(9-13-24)17-22-10-11-23(16-20(22)3)26-15-19(2)7-14-27(26)32;1-2/h7-16,25,28H,4-6,17-18H2,1-3H3,(H,38,39);1-2H3. The lowest BCUT2D eigenvalue weighted by Crippen LogP contribution is -2.38. The summed E-state index contributed by atoms with van der Waals surface area (Å²) in [6.07, 6.45) is -3.00. The Morgan fingerprint density at radius 2 is 1.68 bits per heavy atom. The molecule has 1 N–H and O–H groups in total. The lowest BCUT2D eigenvalue weighted by atomic mass is 9.88. The van der Waals surface area contributed by atoms with Crippen LogP contribution in [-0.2, 0) is 11.2 Å². The highest BCUT2D eigenvalue weighted by atomic mass is 19.4. The number of nitrogens with zero attached hydrogens (tertiary/aromatic N) is 2. The number of carbonyl (C=O) groups is 1. The van der Waals surface area contributed by atoms with Crippen LogP contribution in [0.1, 0.15) is 68.7 Å². The van der Waals surface area contributed by atoms with Crippen LogP contribution in [0.4, 0.5) is 23.2 Å². The summed E-state index contributed by atoms with van der Waals surface area (Å²) in [6.45, 7) is 9.77. The first-order valence-electron chi connectivity index (χ1n) is 14.1. The summed E-state index contributed by atoms with van der Waals surface area (Å²) in [6, 6.07) is 16.9. The summed E-state index contributed by atoms with van der Waals surface area (Å²) in [5.41, 5.74) is 4.81. The lowest BCUT2D eigenvalue weighted by molar-refractivity contribution is -0.137. The number of hydrogen-bond acceptors (Lipinski definition) is 3. The molecule has 1 aliphatic heterocycles. The van der Waals surface area contributed by atoms with E-state index in [1.807, 2.05) is 71.0 Å². The van der Waals surface area contributed by atoms with Gasteiger partial charge in [-0.25, -0.2) is 4.39 Å². The summed E-state index contributed by atoms with van der Waals surface area (Å²) in [4.78, 5) is 11.6. The van der Waals surface area contributed by atoms with Crippen molar-refractivity contribution in [2.24, 2.45) is 11.0 Å². The number of unbranched alkanes of at least 4 members (excludes halogenated alkanes) is 1. The Morgan fingerprint density at radius 1 is 1.00 bits per heavy atom. The van der Waals surface area contributed by atoms with Crippen molar-refractivity contribution in [2.75, 3.05) is 5.01 Å². The van der Waals surface area contributed by atoms with Gasteiger partial charge in [0.2, 0.25) is 0 Å². The molecule has 220 valence electrons.